The van der Waals surface area contributed by atoms with Crippen LogP contribution in [0.5, 0.6) is 0 Å². The second-order valence-electron chi connectivity index (χ2n) is 1.34. The molecule has 0 spiro atoms. The molecule has 0 bridgehead atoms. The second kappa shape index (κ2) is 2.81. The molecule has 3 heteroatoms. The summed E-state index contributed by atoms with van der Waals surface area (Å²) in [6.07, 6.45) is 7.34. The first kappa shape index (κ1) is 5.75. The van der Waals surface area contributed by atoms with Crippen molar-refractivity contribution < 1.29 is 9.53 Å². The zero-order chi connectivity index (χ0) is 6.53. The van der Waals surface area contributed by atoms with Crippen molar-refractivity contribution in [1.29, 1.82) is 0 Å². The Balaban J connectivity index is 2.73. The molecule has 0 saturated heterocycles. The molecule has 45 valence electrons. The highest BCUT2D eigenvalue weighted by atomic mass is 16.5. The molecule has 0 aromatic rings. The summed E-state index contributed by atoms with van der Waals surface area (Å²) in [7, 11) is 0. The van der Waals surface area contributed by atoms with Gasteiger partial charge in [-0.25, -0.2) is 0 Å². The minimum absolute atomic E-state index is 0.0972. The molecule has 0 aromatic carbocycles. The van der Waals surface area contributed by atoms with Gasteiger partial charge in [-0.1, -0.05) is 0 Å². The van der Waals surface area contributed by atoms with E-state index in [1.165, 1.54) is 18.7 Å². The van der Waals surface area contributed by atoms with Gasteiger partial charge in [0, 0.05) is 6.21 Å². The molecule has 1 heterocycles. The van der Waals surface area contributed by atoms with Crippen LogP contribution in [0, 0.1) is 0 Å². The van der Waals surface area contributed by atoms with Gasteiger partial charge in [0.2, 0.25) is 0 Å². The van der Waals surface area contributed by atoms with Crippen LogP contribution in [0.1, 0.15) is 0 Å². The van der Waals surface area contributed by atoms with Crippen molar-refractivity contribution in [2.45, 2.75) is 0 Å². The highest BCUT2D eigenvalue weighted by Gasteiger charge is 1.93. The molecule has 0 aromatic heterocycles. The smallest absolute Gasteiger partial charge is 0.273 e. The lowest BCUT2D eigenvalue weighted by Crippen LogP contribution is -1.83. The highest BCUT2D eigenvalue weighted by molar-refractivity contribution is 5.76. The Morgan fingerprint density at radius 3 is 3.33 bits per heavy atom. The van der Waals surface area contributed by atoms with E-state index in [4.69, 9.17) is 0 Å². The van der Waals surface area contributed by atoms with Gasteiger partial charge in [-0.15, -0.1) is 0 Å². The first-order valence-electron chi connectivity index (χ1n) is 2.37. The lowest BCUT2D eigenvalue weighted by atomic mass is 10.6. The Kier molecular flexibility index (Phi) is 1.80. The minimum Gasteiger partial charge on any atom is -0.459 e. The summed E-state index contributed by atoms with van der Waals surface area (Å²) in [6, 6.07) is 0. The molecule has 1 rings (SSSR count). The van der Waals surface area contributed by atoms with Crippen LogP contribution < -0.4 is 0 Å². The zero-order valence-electron chi connectivity index (χ0n) is 4.57. The Morgan fingerprint density at radius 1 is 1.67 bits per heavy atom. The first-order chi connectivity index (χ1) is 4.43. The fraction of sp³-hybridized carbons (Fsp3) is 0. The number of hydrogen-bond donors (Lipinski definition) is 0. The number of carbonyl (C=O) groups excluding carboxylic acids is 1. The molecule has 0 unspecified atom stereocenters. The molecule has 0 aliphatic carbocycles. The monoisotopic (exact) mass is 122 g/mol. The summed E-state index contributed by atoms with van der Waals surface area (Å²) in [5.41, 5.74) is 0. The molecule has 0 fully saturated rings. The third-order valence-corrected chi connectivity index (χ3v) is 0.738. The molecule has 1 aliphatic rings. The van der Waals surface area contributed by atoms with Crippen LogP contribution in [-0.2, 0) is 9.53 Å². The van der Waals surface area contributed by atoms with E-state index in [2.05, 4.69) is 9.73 Å². The maximum absolute atomic E-state index is 9.89. The van der Waals surface area contributed by atoms with Crippen LogP contribution in [0.25, 0.3) is 0 Å². The summed E-state index contributed by atoms with van der Waals surface area (Å²) >= 11 is 0. The minimum atomic E-state index is 0.0972. The first-order valence-corrected chi connectivity index (χ1v) is 2.37. The third-order valence-electron chi connectivity index (χ3n) is 0.738. The summed E-state index contributed by atoms with van der Waals surface area (Å²) in [5.74, 6) is 0.0972. The van der Waals surface area contributed by atoms with E-state index in [0.29, 0.717) is 0 Å². The predicted molar refractivity (Wildman–Crippen MR) is 32.5 cm³/mol. The van der Waals surface area contributed by atoms with Crippen molar-refractivity contribution in [2.75, 3.05) is 0 Å². The number of ether oxygens (including phenoxy) is 1. The van der Waals surface area contributed by atoms with Crippen LogP contribution in [0.15, 0.2) is 29.3 Å². The van der Waals surface area contributed by atoms with Gasteiger partial charge in [-0.05, 0) is 6.08 Å². The summed E-state index contributed by atoms with van der Waals surface area (Å²) in [5, 5.41) is 0. The normalized spacial score (nSPS) is 15.8. The lowest BCUT2D eigenvalue weighted by molar-refractivity contribution is 0.370. The van der Waals surface area contributed by atoms with Crippen molar-refractivity contribution in [3.8, 4) is 0 Å². The fourth-order valence-electron chi connectivity index (χ4n) is 0.389. The van der Waals surface area contributed by atoms with E-state index in [1.807, 2.05) is 0 Å². The van der Waals surface area contributed by atoms with Crippen LogP contribution >= 0.6 is 0 Å². The fourth-order valence-corrected chi connectivity index (χ4v) is 0.389. The van der Waals surface area contributed by atoms with E-state index in [9.17, 15) is 4.79 Å². The van der Waals surface area contributed by atoms with Gasteiger partial charge in [0.15, 0.2) is 5.76 Å². The Hall–Kier alpha value is -1.38. The van der Waals surface area contributed by atoms with E-state index in [-0.39, 0.29) is 5.76 Å². The van der Waals surface area contributed by atoms with Gasteiger partial charge in [0.25, 0.3) is 6.29 Å². The molecule has 0 atom stereocenters. The van der Waals surface area contributed by atoms with Crippen molar-refractivity contribution >= 4 is 12.5 Å². The van der Waals surface area contributed by atoms with Gasteiger partial charge in [0.1, 0.15) is 0 Å². The van der Waals surface area contributed by atoms with Gasteiger partial charge >= 0.3 is 0 Å². The maximum Gasteiger partial charge on any atom is 0.273 e. The van der Waals surface area contributed by atoms with Crippen molar-refractivity contribution in [3.05, 3.63) is 24.3 Å². The van der Waals surface area contributed by atoms with E-state index >= 15 is 0 Å². The molecule has 3 nitrogen and oxygen atoms in total. The summed E-state index contributed by atoms with van der Waals surface area (Å²) in [6.45, 7) is 0. The predicted octanol–water partition coefficient (Wildman–Crippen LogP) is 0.552. The van der Waals surface area contributed by atoms with Crippen LogP contribution in [-0.4, -0.2) is 12.5 Å². The number of aliphatic imine (C=N–C) groups is 1. The van der Waals surface area contributed by atoms with Gasteiger partial charge < -0.3 is 4.74 Å². The van der Waals surface area contributed by atoms with Crippen molar-refractivity contribution in [3.63, 3.8) is 0 Å². The molecule has 0 N–H and O–H groups in total. The highest BCUT2D eigenvalue weighted by Crippen LogP contribution is 1.96. The largest absolute Gasteiger partial charge is 0.459 e. The number of rotatable bonds is 1. The third kappa shape index (κ3) is 1.53. The molecular formula is C6H4NO2. The molecule has 0 amide bonds. The lowest BCUT2D eigenvalue weighted by Gasteiger charge is -1.89. The maximum atomic E-state index is 9.89. The average Bonchev–Trinajstić information content (AvgIpc) is 2.13. The molecule has 1 aliphatic heterocycles. The van der Waals surface area contributed by atoms with Crippen molar-refractivity contribution in [1.82, 2.24) is 0 Å². The Bertz CT molecular complexity index is 191. The molecule has 1 radical (unpaired) electrons. The van der Waals surface area contributed by atoms with E-state index < -0.39 is 0 Å². The number of allylic oxidation sites excluding steroid dienone is 2. The number of hydrogen-bond acceptors (Lipinski definition) is 3. The number of nitrogens with zero attached hydrogens (tertiary/aromatic N) is 1. The zero-order valence-corrected chi connectivity index (χ0v) is 4.57. The topological polar surface area (TPSA) is 38.7 Å². The standard InChI is InChI=1S/C6H4NO2/c8-5-6-4-7-2-1-3-9-6/h1-4H. The molecular weight excluding hydrogens is 118 g/mol. The SMILES string of the molecule is O=[C]C1=CN=CC=CO1. The summed E-state index contributed by atoms with van der Waals surface area (Å²) < 4.78 is 4.68. The van der Waals surface area contributed by atoms with Gasteiger partial charge in [-0.3, -0.25) is 9.79 Å². The Labute approximate surface area is 52.3 Å². The van der Waals surface area contributed by atoms with Crippen molar-refractivity contribution in [2.24, 2.45) is 4.99 Å². The summed E-state index contributed by atoms with van der Waals surface area (Å²) in [4.78, 5) is 13.5. The van der Waals surface area contributed by atoms with Crippen LogP contribution in [0.3, 0.4) is 0 Å². The van der Waals surface area contributed by atoms with E-state index in [1.54, 1.807) is 12.4 Å². The van der Waals surface area contributed by atoms with Crippen LogP contribution in [0.4, 0.5) is 0 Å². The molecule has 9 heavy (non-hydrogen) atoms. The molecule has 0 saturated carbocycles. The Morgan fingerprint density at radius 2 is 2.56 bits per heavy atom. The van der Waals surface area contributed by atoms with Gasteiger partial charge in [-0.2, -0.15) is 0 Å². The van der Waals surface area contributed by atoms with Crippen LogP contribution in [0.2, 0.25) is 0 Å². The van der Waals surface area contributed by atoms with Gasteiger partial charge in [0.05, 0.1) is 12.5 Å². The van der Waals surface area contributed by atoms with E-state index in [0.717, 1.165) is 0 Å². The average molecular weight is 122 g/mol. The second-order valence-corrected chi connectivity index (χ2v) is 1.34. The quantitative estimate of drug-likeness (QED) is 0.509.